The molecule has 0 radical (unpaired) electrons. The van der Waals surface area contributed by atoms with Crippen molar-refractivity contribution < 1.29 is 24.0 Å². The van der Waals surface area contributed by atoms with Gasteiger partial charge < -0.3 is 14.9 Å². The van der Waals surface area contributed by atoms with Crippen LogP contribution in [0.3, 0.4) is 0 Å². The average Bonchev–Trinajstić information content (AvgIpc) is 1.59. The summed E-state index contributed by atoms with van der Waals surface area (Å²) in [7, 11) is -4.34. The van der Waals surface area contributed by atoms with E-state index in [1.54, 1.807) is 0 Å². The molecule has 0 aliphatic carbocycles. The Morgan fingerprint density at radius 1 is 1.44 bits per heavy atom. The van der Waals surface area contributed by atoms with Gasteiger partial charge in [0.05, 0.1) is 13.2 Å². The Labute approximate surface area is 95.1 Å². The summed E-state index contributed by atoms with van der Waals surface area (Å²) in [6.45, 7) is -0.713. The zero-order chi connectivity index (χ0) is 6.62. The molecule has 5 nitrogen and oxygen atoms in total. The van der Waals surface area contributed by atoms with Crippen LogP contribution < -0.4 is 0 Å². The standard InChI is InChI=1S/C2H7O5P.K.H/c3-1-2-7-8(4,5)6;;/h3H,1-2H2,(H2,4,5,6);;. The van der Waals surface area contributed by atoms with Crippen LogP contribution >= 0.6 is 7.82 Å². The molecule has 52 valence electrons. The second kappa shape index (κ2) is 6.42. The Morgan fingerprint density at radius 3 is 2.00 bits per heavy atom. The van der Waals surface area contributed by atoms with Crippen molar-refractivity contribution in [2.24, 2.45) is 0 Å². The van der Waals surface area contributed by atoms with Crippen LogP contribution in [0.4, 0.5) is 0 Å². The molecule has 0 atom stereocenters. The van der Waals surface area contributed by atoms with Gasteiger partial charge in [0.25, 0.3) is 0 Å². The van der Waals surface area contributed by atoms with Gasteiger partial charge in [0.2, 0.25) is 0 Å². The molecule has 0 fully saturated rings. The molecule has 0 spiro atoms. The van der Waals surface area contributed by atoms with Crippen LogP contribution in [0.15, 0.2) is 0 Å². The third kappa shape index (κ3) is 12.8. The fraction of sp³-hybridized carbons (Fsp3) is 1.00. The first-order chi connectivity index (χ1) is 3.56. The maximum atomic E-state index is 9.75. The van der Waals surface area contributed by atoms with E-state index >= 15 is 0 Å². The first-order valence-corrected chi connectivity index (χ1v) is 3.40. The molecule has 0 heterocycles. The van der Waals surface area contributed by atoms with Crippen LogP contribution in [0.1, 0.15) is 0 Å². The predicted molar refractivity (Wildman–Crippen MR) is 32.2 cm³/mol. The number of phosphoric acid groups is 1. The molecule has 0 unspecified atom stereocenters. The van der Waals surface area contributed by atoms with Gasteiger partial charge in [-0.25, -0.2) is 4.57 Å². The zero-order valence-electron chi connectivity index (χ0n) is 4.02. The second-order valence-electron chi connectivity index (χ2n) is 1.05. The quantitative estimate of drug-likeness (QED) is 0.363. The van der Waals surface area contributed by atoms with Crippen LogP contribution in [0.5, 0.6) is 0 Å². The molecule has 3 N–H and O–H groups in total. The van der Waals surface area contributed by atoms with Gasteiger partial charge in [0, 0.05) is 0 Å². The summed E-state index contributed by atoms with van der Waals surface area (Å²) in [5.74, 6) is 0. The molecule has 7 heteroatoms. The summed E-state index contributed by atoms with van der Waals surface area (Å²) in [6.07, 6.45) is 0. The molecule has 0 aliphatic heterocycles. The Morgan fingerprint density at radius 2 is 1.89 bits per heavy atom. The first-order valence-electron chi connectivity index (χ1n) is 1.87. The summed E-state index contributed by atoms with van der Waals surface area (Å²) in [5, 5.41) is 7.96. The number of hydrogen-bond donors (Lipinski definition) is 3. The van der Waals surface area contributed by atoms with Crippen LogP contribution in [-0.4, -0.2) is 79.5 Å². The van der Waals surface area contributed by atoms with Crippen molar-refractivity contribution in [1.82, 2.24) is 0 Å². The van der Waals surface area contributed by atoms with Gasteiger partial charge in [-0.3, -0.25) is 4.52 Å². The van der Waals surface area contributed by atoms with E-state index in [1.807, 2.05) is 0 Å². The summed E-state index contributed by atoms with van der Waals surface area (Å²) < 4.78 is 13.5. The van der Waals surface area contributed by atoms with Gasteiger partial charge in [-0.05, 0) is 0 Å². The summed E-state index contributed by atoms with van der Waals surface area (Å²) >= 11 is 0. The molecule has 0 aromatic carbocycles. The molecule has 9 heavy (non-hydrogen) atoms. The number of phosphoric ester groups is 1. The Bertz CT molecular complexity index is 99.1. The molecular formula is C2H8KO5P. The molecule has 0 rings (SSSR count). The Kier molecular flexibility index (Phi) is 9.49. The molecule has 0 aliphatic rings. The van der Waals surface area contributed by atoms with Gasteiger partial charge in [-0.15, -0.1) is 0 Å². The van der Waals surface area contributed by atoms with E-state index in [0.717, 1.165) is 0 Å². The van der Waals surface area contributed by atoms with E-state index < -0.39 is 7.82 Å². The molecule has 0 saturated heterocycles. The van der Waals surface area contributed by atoms with E-state index in [-0.39, 0.29) is 64.6 Å². The van der Waals surface area contributed by atoms with Crippen molar-refractivity contribution in [2.75, 3.05) is 13.2 Å². The van der Waals surface area contributed by atoms with E-state index in [9.17, 15) is 4.57 Å². The van der Waals surface area contributed by atoms with Gasteiger partial charge in [0.1, 0.15) is 0 Å². The molecule has 0 bridgehead atoms. The van der Waals surface area contributed by atoms with Crippen molar-refractivity contribution in [3.63, 3.8) is 0 Å². The van der Waals surface area contributed by atoms with E-state index in [2.05, 4.69) is 4.52 Å². The molecule has 0 aromatic rings. The fourth-order valence-corrected chi connectivity index (χ4v) is 0.479. The third-order valence-electron chi connectivity index (χ3n) is 0.351. The predicted octanol–water partition coefficient (Wildman–Crippen LogP) is -1.56. The SMILES string of the molecule is O=P(O)(O)OCCO.[KH]. The summed E-state index contributed by atoms with van der Waals surface area (Å²) in [6, 6.07) is 0. The summed E-state index contributed by atoms with van der Waals surface area (Å²) in [4.78, 5) is 15.9. The normalized spacial score (nSPS) is 10.6. The Balaban J connectivity index is 0. The van der Waals surface area contributed by atoms with Crippen LogP contribution in [0.2, 0.25) is 0 Å². The van der Waals surface area contributed by atoms with Crippen molar-refractivity contribution in [1.29, 1.82) is 0 Å². The van der Waals surface area contributed by atoms with Crippen LogP contribution in [0.25, 0.3) is 0 Å². The van der Waals surface area contributed by atoms with E-state index in [0.29, 0.717) is 0 Å². The Hall–Kier alpha value is 1.71. The first kappa shape index (κ1) is 13.3. The number of aliphatic hydroxyl groups is 1. The van der Waals surface area contributed by atoms with Gasteiger partial charge >= 0.3 is 59.2 Å². The molecule has 0 aromatic heterocycles. The van der Waals surface area contributed by atoms with Crippen molar-refractivity contribution in [3.05, 3.63) is 0 Å². The molecular weight excluding hydrogens is 174 g/mol. The minimum absolute atomic E-state index is 0. The van der Waals surface area contributed by atoms with Crippen LogP contribution in [0, 0.1) is 0 Å². The van der Waals surface area contributed by atoms with Gasteiger partial charge in [-0.2, -0.15) is 0 Å². The van der Waals surface area contributed by atoms with Crippen molar-refractivity contribution >= 4 is 59.2 Å². The molecule has 0 saturated carbocycles. The third-order valence-corrected chi connectivity index (χ3v) is 0.870. The van der Waals surface area contributed by atoms with Gasteiger partial charge in [0.15, 0.2) is 0 Å². The van der Waals surface area contributed by atoms with Crippen LogP contribution in [-0.2, 0) is 9.09 Å². The topological polar surface area (TPSA) is 87.0 Å². The summed E-state index contributed by atoms with van der Waals surface area (Å²) in [5.41, 5.74) is 0. The van der Waals surface area contributed by atoms with Crippen molar-refractivity contribution in [3.8, 4) is 0 Å². The number of rotatable bonds is 3. The zero-order valence-corrected chi connectivity index (χ0v) is 4.91. The maximum absolute atomic E-state index is 9.75. The minimum atomic E-state index is -4.34. The number of hydrogen-bond acceptors (Lipinski definition) is 3. The monoisotopic (exact) mass is 182 g/mol. The second-order valence-corrected chi connectivity index (χ2v) is 2.29. The molecule has 0 amide bonds. The van der Waals surface area contributed by atoms with E-state index in [1.165, 1.54) is 0 Å². The average molecular weight is 182 g/mol. The van der Waals surface area contributed by atoms with E-state index in [4.69, 9.17) is 14.9 Å². The number of aliphatic hydroxyl groups excluding tert-OH is 1. The van der Waals surface area contributed by atoms with Crippen molar-refractivity contribution in [2.45, 2.75) is 0 Å². The van der Waals surface area contributed by atoms with Gasteiger partial charge in [-0.1, -0.05) is 0 Å². The fourth-order valence-electron chi connectivity index (χ4n) is 0.160.